The summed E-state index contributed by atoms with van der Waals surface area (Å²) in [5, 5.41) is 2.35. The Hall–Kier alpha value is -2.55. The average Bonchev–Trinajstić information content (AvgIpc) is 2.87. The van der Waals surface area contributed by atoms with E-state index >= 15 is 0 Å². The van der Waals surface area contributed by atoms with Gasteiger partial charge in [0.15, 0.2) is 0 Å². The van der Waals surface area contributed by atoms with Crippen LogP contribution in [0.4, 0.5) is 4.79 Å². The van der Waals surface area contributed by atoms with E-state index in [0.717, 1.165) is 11.1 Å². The van der Waals surface area contributed by atoms with Crippen LogP contribution in [0.3, 0.4) is 0 Å². The van der Waals surface area contributed by atoms with Crippen LogP contribution in [0.25, 0.3) is 21.9 Å². The van der Waals surface area contributed by atoms with Gasteiger partial charge in [-0.25, -0.2) is 4.79 Å². The number of hydrogen-bond donors (Lipinski definition) is 1. The van der Waals surface area contributed by atoms with Crippen LogP contribution in [-0.2, 0) is 0 Å². The number of amides is 1. The van der Waals surface area contributed by atoms with E-state index in [0.29, 0.717) is 0 Å². The standard InChI is InChI=1S/C15H12N2O/c16-15(18)17-9-8-12(10-17)14-7-3-5-11-4-1-2-6-13(11)14/h1-10H,(H2,16,18). The number of nitrogens with two attached hydrogens (primary N) is 1. The lowest BCUT2D eigenvalue weighted by Crippen LogP contribution is -2.17. The predicted octanol–water partition coefficient (Wildman–Crippen LogP) is 3.24. The molecule has 2 aromatic carbocycles. The summed E-state index contributed by atoms with van der Waals surface area (Å²) in [6, 6.07) is 15.7. The Balaban J connectivity index is 2.21. The van der Waals surface area contributed by atoms with Crippen LogP contribution in [0, 0.1) is 0 Å². The molecule has 1 amide bonds. The van der Waals surface area contributed by atoms with Crippen molar-refractivity contribution in [2.75, 3.05) is 0 Å². The molecule has 3 nitrogen and oxygen atoms in total. The van der Waals surface area contributed by atoms with Crippen molar-refractivity contribution in [2.24, 2.45) is 5.73 Å². The largest absolute Gasteiger partial charge is 0.351 e. The number of primary amides is 1. The molecule has 0 aliphatic rings. The summed E-state index contributed by atoms with van der Waals surface area (Å²) in [6.07, 6.45) is 3.43. The molecule has 0 aliphatic heterocycles. The molecule has 0 saturated carbocycles. The summed E-state index contributed by atoms with van der Waals surface area (Å²) in [6.45, 7) is 0. The lowest BCUT2D eigenvalue weighted by Gasteiger charge is -2.04. The predicted molar refractivity (Wildman–Crippen MR) is 72.4 cm³/mol. The summed E-state index contributed by atoms with van der Waals surface area (Å²) in [7, 11) is 0. The van der Waals surface area contributed by atoms with Gasteiger partial charge in [-0.1, -0.05) is 42.5 Å². The Morgan fingerprint density at radius 2 is 1.78 bits per heavy atom. The fraction of sp³-hybridized carbons (Fsp3) is 0. The van der Waals surface area contributed by atoms with E-state index in [4.69, 9.17) is 5.73 Å². The SMILES string of the molecule is NC(=O)n1ccc(-c2cccc3ccccc23)c1. The van der Waals surface area contributed by atoms with Gasteiger partial charge >= 0.3 is 6.03 Å². The van der Waals surface area contributed by atoms with E-state index in [1.165, 1.54) is 15.3 Å². The molecule has 0 fully saturated rings. The highest BCUT2D eigenvalue weighted by Gasteiger charge is 2.06. The van der Waals surface area contributed by atoms with E-state index in [2.05, 4.69) is 18.2 Å². The Morgan fingerprint density at radius 3 is 2.56 bits per heavy atom. The Labute approximate surface area is 104 Å². The number of nitrogens with zero attached hydrogens (tertiary/aromatic N) is 1. The van der Waals surface area contributed by atoms with Crippen molar-refractivity contribution in [3.63, 3.8) is 0 Å². The second-order valence-corrected chi connectivity index (χ2v) is 4.17. The molecule has 0 saturated heterocycles. The summed E-state index contributed by atoms with van der Waals surface area (Å²) < 4.78 is 1.39. The summed E-state index contributed by atoms with van der Waals surface area (Å²) in [5.74, 6) is 0. The molecule has 0 radical (unpaired) electrons. The summed E-state index contributed by atoms with van der Waals surface area (Å²) in [4.78, 5) is 11.1. The maximum Gasteiger partial charge on any atom is 0.322 e. The van der Waals surface area contributed by atoms with Gasteiger partial charge in [0.1, 0.15) is 0 Å². The molecule has 88 valence electrons. The number of carbonyl (C=O) groups excluding carboxylic acids is 1. The molecule has 1 aromatic heterocycles. The monoisotopic (exact) mass is 236 g/mol. The number of rotatable bonds is 1. The van der Waals surface area contributed by atoms with Crippen molar-refractivity contribution in [1.82, 2.24) is 4.57 Å². The maximum atomic E-state index is 11.1. The summed E-state index contributed by atoms with van der Waals surface area (Å²) in [5.41, 5.74) is 7.34. The highest BCUT2D eigenvalue weighted by molar-refractivity contribution is 5.96. The number of fused-ring (bicyclic) bond motifs is 1. The van der Waals surface area contributed by atoms with Crippen molar-refractivity contribution in [2.45, 2.75) is 0 Å². The molecule has 3 heteroatoms. The van der Waals surface area contributed by atoms with Gasteiger partial charge in [-0.15, -0.1) is 0 Å². The Morgan fingerprint density at radius 1 is 1.00 bits per heavy atom. The van der Waals surface area contributed by atoms with Crippen molar-refractivity contribution < 1.29 is 4.79 Å². The molecule has 3 rings (SSSR count). The van der Waals surface area contributed by atoms with Gasteiger partial charge in [-0.05, 0) is 22.4 Å². The van der Waals surface area contributed by atoms with Crippen LogP contribution in [0.2, 0.25) is 0 Å². The first-order valence-electron chi connectivity index (χ1n) is 5.71. The molecule has 0 aliphatic carbocycles. The Kier molecular flexibility index (Phi) is 2.38. The van der Waals surface area contributed by atoms with E-state index in [-0.39, 0.29) is 0 Å². The number of hydrogen-bond acceptors (Lipinski definition) is 1. The van der Waals surface area contributed by atoms with Crippen LogP contribution >= 0.6 is 0 Å². The van der Waals surface area contributed by atoms with Gasteiger partial charge in [-0.2, -0.15) is 0 Å². The maximum absolute atomic E-state index is 11.1. The van der Waals surface area contributed by atoms with E-state index in [1.54, 1.807) is 12.4 Å². The molecule has 18 heavy (non-hydrogen) atoms. The number of aromatic nitrogens is 1. The molecule has 0 spiro atoms. The third-order valence-electron chi connectivity index (χ3n) is 3.05. The van der Waals surface area contributed by atoms with Crippen LogP contribution in [0.15, 0.2) is 60.9 Å². The number of benzene rings is 2. The zero-order valence-corrected chi connectivity index (χ0v) is 9.71. The van der Waals surface area contributed by atoms with Crippen LogP contribution in [-0.4, -0.2) is 10.6 Å². The molecule has 0 atom stereocenters. The minimum Gasteiger partial charge on any atom is -0.351 e. The van der Waals surface area contributed by atoms with Crippen LogP contribution in [0.1, 0.15) is 0 Å². The average molecular weight is 236 g/mol. The third-order valence-corrected chi connectivity index (χ3v) is 3.05. The third kappa shape index (κ3) is 1.66. The van der Waals surface area contributed by atoms with Crippen molar-refractivity contribution in [3.05, 3.63) is 60.9 Å². The molecule has 1 heterocycles. The minimum atomic E-state index is -0.471. The van der Waals surface area contributed by atoms with E-state index in [1.807, 2.05) is 30.3 Å². The fourth-order valence-electron chi connectivity index (χ4n) is 2.17. The first-order chi connectivity index (χ1) is 8.75. The topological polar surface area (TPSA) is 48.0 Å². The van der Waals surface area contributed by atoms with Crippen LogP contribution < -0.4 is 5.73 Å². The molecular weight excluding hydrogens is 224 g/mol. The first-order valence-corrected chi connectivity index (χ1v) is 5.71. The van der Waals surface area contributed by atoms with Crippen molar-refractivity contribution in [3.8, 4) is 11.1 Å². The smallest absolute Gasteiger partial charge is 0.322 e. The van der Waals surface area contributed by atoms with Crippen molar-refractivity contribution >= 4 is 16.8 Å². The van der Waals surface area contributed by atoms with E-state index < -0.39 is 6.03 Å². The first kappa shape index (κ1) is 10.6. The summed E-state index contributed by atoms with van der Waals surface area (Å²) >= 11 is 0. The van der Waals surface area contributed by atoms with Gasteiger partial charge in [0.25, 0.3) is 0 Å². The van der Waals surface area contributed by atoms with E-state index in [9.17, 15) is 4.79 Å². The lowest BCUT2D eigenvalue weighted by atomic mass is 10.0. The van der Waals surface area contributed by atoms with Gasteiger partial charge in [0.2, 0.25) is 0 Å². The highest BCUT2D eigenvalue weighted by atomic mass is 16.2. The van der Waals surface area contributed by atoms with Crippen molar-refractivity contribution in [1.29, 1.82) is 0 Å². The minimum absolute atomic E-state index is 0.471. The second-order valence-electron chi connectivity index (χ2n) is 4.17. The molecule has 3 aromatic rings. The zero-order valence-electron chi connectivity index (χ0n) is 9.71. The highest BCUT2D eigenvalue weighted by Crippen LogP contribution is 2.28. The second kappa shape index (κ2) is 4.04. The molecule has 0 unspecified atom stereocenters. The molecule has 0 bridgehead atoms. The van der Waals surface area contributed by atoms with Crippen LogP contribution in [0.5, 0.6) is 0 Å². The Bertz CT molecular complexity index is 723. The lowest BCUT2D eigenvalue weighted by molar-refractivity contribution is 0.250. The molecular formula is C15H12N2O. The molecule has 2 N–H and O–H groups in total. The van der Waals surface area contributed by atoms with Gasteiger partial charge in [0, 0.05) is 18.0 Å². The zero-order chi connectivity index (χ0) is 12.5. The van der Waals surface area contributed by atoms with Gasteiger partial charge in [-0.3, -0.25) is 4.57 Å². The van der Waals surface area contributed by atoms with Gasteiger partial charge < -0.3 is 5.73 Å². The number of carbonyl (C=O) groups is 1. The van der Waals surface area contributed by atoms with Gasteiger partial charge in [0.05, 0.1) is 0 Å². The quantitative estimate of drug-likeness (QED) is 0.692. The normalized spacial score (nSPS) is 10.7. The fourth-order valence-corrected chi connectivity index (χ4v) is 2.17.